The third-order valence-electron chi connectivity index (χ3n) is 7.73. The van der Waals surface area contributed by atoms with Gasteiger partial charge in [0.2, 0.25) is 5.91 Å². The summed E-state index contributed by atoms with van der Waals surface area (Å²) in [5.41, 5.74) is 4.02. The summed E-state index contributed by atoms with van der Waals surface area (Å²) in [6, 6.07) is 13.8. The second-order valence-corrected chi connectivity index (χ2v) is 10.5. The van der Waals surface area contributed by atoms with Crippen molar-refractivity contribution in [3.8, 4) is 11.3 Å². The highest BCUT2D eigenvalue weighted by atomic mass is 35.5. The highest BCUT2D eigenvalue weighted by Gasteiger charge is 2.45. The predicted molar refractivity (Wildman–Crippen MR) is 132 cm³/mol. The average molecular weight is 477 g/mol. The lowest BCUT2D eigenvalue weighted by Crippen LogP contribution is -2.64. The monoisotopic (exact) mass is 476 g/mol. The molecular weight excluding hydrogens is 448 g/mol. The number of pyridine rings is 1. The van der Waals surface area contributed by atoms with E-state index in [1.54, 1.807) is 0 Å². The molecule has 1 aromatic carbocycles. The van der Waals surface area contributed by atoms with Crippen molar-refractivity contribution in [1.82, 2.24) is 19.2 Å². The van der Waals surface area contributed by atoms with Crippen LogP contribution in [-0.2, 0) is 16.1 Å². The minimum Gasteiger partial charge on any atom is -0.333 e. The number of carbonyl (C=O) groups excluding carboxylic acids is 2. The number of carbonyl (C=O) groups is 2. The maximum Gasteiger partial charge on any atom is 0.226 e. The lowest BCUT2D eigenvalue weighted by atomic mass is 9.88. The molecule has 3 fully saturated rings. The van der Waals surface area contributed by atoms with E-state index < -0.39 is 0 Å². The van der Waals surface area contributed by atoms with E-state index in [0.717, 1.165) is 67.9 Å². The number of likely N-dealkylation sites (tertiary alicyclic amines) is 1. The molecule has 1 amide bonds. The zero-order valence-corrected chi connectivity index (χ0v) is 20.0. The number of fused-ring (bicyclic) bond motifs is 3. The second kappa shape index (κ2) is 8.82. The molecule has 3 aliphatic rings. The Hall–Kier alpha value is -2.70. The van der Waals surface area contributed by atoms with Crippen LogP contribution < -0.4 is 0 Å². The molecule has 1 aliphatic carbocycles. The van der Waals surface area contributed by atoms with Crippen LogP contribution in [0.3, 0.4) is 0 Å². The number of hydrogen-bond donors (Lipinski definition) is 0. The average Bonchev–Trinajstić information content (AvgIpc) is 3.48. The molecular formula is C27H29ClN4O2. The van der Waals surface area contributed by atoms with Crippen molar-refractivity contribution >= 4 is 28.9 Å². The molecule has 4 heterocycles. The zero-order valence-electron chi connectivity index (χ0n) is 19.2. The Labute approximate surface area is 204 Å². The number of rotatable bonds is 4. The van der Waals surface area contributed by atoms with E-state index >= 15 is 0 Å². The zero-order chi connectivity index (χ0) is 23.2. The number of halogens is 1. The highest BCUT2D eigenvalue weighted by Crippen LogP contribution is 2.35. The van der Waals surface area contributed by atoms with Crippen molar-refractivity contribution in [2.75, 3.05) is 13.1 Å². The molecule has 6 rings (SSSR count). The van der Waals surface area contributed by atoms with Crippen molar-refractivity contribution in [2.45, 2.75) is 57.2 Å². The van der Waals surface area contributed by atoms with Gasteiger partial charge in [0, 0.05) is 55.2 Å². The number of ketones is 1. The molecule has 176 valence electrons. The van der Waals surface area contributed by atoms with Crippen molar-refractivity contribution < 1.29 is 9.59 Å². The fourth-order valence-electron chi connectivity index (χ4n) is 6.20. The quantitative estimate of drug-likeness (QED) is 0.552. The normalized spacial score (nSPS) is 23.7. The van der Waals surface area contributed by atoms with E-state index in [1.165, 1.54) is 0 Å². The van der Waals surface area contributed by atoms with Crippen LogP contribution in [0.15, 0.2) is 48.7 Å². The molecule has 2 aliphatic heterocycles. The van der Waals surface area contributed by atoms with Gasteiger partial charge in [-0.2, -0.15) is 0 Å². The van der Waals surface area contributed by atoms with Crippen LogP contribution in [0.4, 0.5) is 0 Å². The summed E-state index contributed by atoms with van der Waals surface area (Å²) in [5.74, 6) is 0.734. The first kappa shape index (κ1) is 21.8. The van der Waals surface area contributed by atoms with Gasteiger partial charge in [-0.25, -0.2) is 4.98 Å². The van der Waals surface area contributed by atoms with Crippen LogP contribution in [0.2, 0.25) is 5.02 Å². The van der Waals surface area contributed by atoms with Crippen molar-refractivity contribution in [1.29, 1.82) is 0 Å². The first-order chi connectivity index (χ1) is 16.6. The number of benzene rings is 1. The molecule has 2 saturated heterocycles. The van der Waals surface area contributed by atoms with E-state index in [9.17, 15) is 9.59 Å². The Morgan fingerprint density at radius 1 is 1.00 bits per heavy atom. The van der Waals surface area contributed by atoms with Gasteiger partial charge in [0.25, 0.3) is 0 Å². The minimum atomic E-state index is -0.0220. The predicted octanol–water partition coefficient (Wildman–Crippen LogP) is 4.59. The van der Waals surface area contributed by atoms with Gasteiger partial charge in [-0.1, -0.05) is 42.6 Å². The molecule has 2 bridgehead atoms. The van der Waals surface area contributed by atoms with E-state index in [2.05, 4.69) is 20.4 Å². The number of amides is 1. The third kappa shape index (κ3) is 3.93. The first-order valence-corrected chi connectivity index (χ1v) is 12.7. The fourth-order valence-corrected chi connectivity index (χ4v) is 6.33. The summed E-state index contributed by atoms with van der Waals surface area (Å²) < 4.78 is 2.15. The van der Waals surface area contributed by atoms with Gasteiger partial charge in [-0.15, -0.1) is 0 Å². The summed E-state index contributed by atoms with van der Waals surface area (Å²) >= 11 is 6.13. The van der Waals surface area contributed by atoms with Gasteiger partial charge < -0.3 is 9.30 Å². The first-order valence-electron chi connectivity index (χ1n) is 12.3. The van der Waals surface area contributed by atoms with Crippen LogP contribution in [0.25, 0.3) is 16.9 Å². The molecule has 34 heavy (non-hydrogen) atoms. The molecule has 2 atom stereocenters. The Morgan fingerprint density at radius 3 is 2.41 bits per heavy atom. The van der Waals surface area contributed by atoms with Gasteiger partial charge in [0.05, 0.1) is 23.5 Å². The van der Waals surface area contributed by atoms with Crippen molar-refractivity contribution in [3.63, 3.8) is 0 Å². The minimum absolute atomic E-state index is 0.0220. The highest BCUT2D eigenvalue weighted by molar-refractivity contribution is 6.30. The number of nitrogens with zero attached hydrogens (tertiary/aromatic N) is 4. The van der Waals surface area contributed by atoms with E-state index in [4.69, 9.17) is 16.6 Å². The molecule has 1 saturated carbocycles. The maximum absolute atomic E-state index is 13.4. The lowest BCUT2D eigenvalue weighted by molar-refractivity contribution is -0.151. The summed E-state index contributed by atoms with van der Waals surface area (Å²) in [7, 11) is 0. The van der Waals surface area contributed by atoms with Crippen LogP contribution in [0.1, 0.15) is 44.2 Å². The van der Waals surface area contributed by atoms with E-state index in [-0.39, 0.29) is 23.9 Å². The molecule has 2 unspecified atom stereocenters. The number of aromatic nitrogens is 2. The Balaban J connectivity index is 1.30. The largest absolute Gasteiger partial charge is 0.333 e. The second-order valence-electron chi connectivity index (χ2n) is 10.0. The van der Waals surface area contributed by atoms with E-state index in [0.29, 0.717) is 23.6 Å². The maximum atomic E-state index is 13.4. The summed E-state index contributed by atoms with van der Waals surface area (Å²) in [5, 5.41) is 0.703. The smallest absolute Gasteiger partial charge is 0.226 e. The van der Waals surface area contributed by atoms with Gasteiger partial charge in [-0.05, 0) is 37.1 Å². The Kier molecular flexibility index (Phi) is 5.66. The number of Topliss-reactive ketones (excluding diaryl/α,β-unsaturated/α-hetero) is 1. The van der Waals surface area contributed by atoms with Crippen LogP contribution in [0.5, 0.6) is 0 Å². The molecule has 0 radical (unpaired) electrons. The standard InChI is InChI=1S/C27H29ClN4O2/c28-20-10-8-18(9-11-20)26-24(31-12-4-3-7-25(31)29-26)17-30-15-21-13-23(33)14-22(16-30)32(21)27(34)19-5-1-2-6-19/h3-4,7-12,19,21-22H,1-2,5-6,13-17H2. The van der Waals surface area contributed by atoms with Gasteiger partial charge >= 0.3 is 0 Å². The number of imidazole rings is 1. The van der Waals surface area contributed by atoms with Gasteiger partial charge in [0.1, 0.15) is 11.4 Å². The topological polar surface area (TPSA) is 57.9 Å². The lowest BCUT2D eigenvalue weighted by Gasteiger charge is -2.50. The fraction of sp³-hybridized carbons (Fsp3) is 0.444. The van der Waals surface area contributed by atoms with E-state index in [1.807, 2.05) is 42.5 Å². The number of hydrogen-bond acceptors (Lipinski definition) is 4. The third-order valence-corrected chi connectivity index (χ3v) is 7.98. The van der Waals surface area contributed by atoms with Gasteiger partial charge in [0.15, 0.2) is 0 Å². The summed E-state index contributed by atoms with van der Waals surface area (Å²) in [6.07, 6.45) is 7.29. The van der Waals surface area contributed by atoms with Crippen LogP contribution >= 0.6 is 11.6 Å². The molecule has 2 aromatic heterocycles. The molecule has 6 nitrogen and oxygen atoms in total. The number of piperidine rings is 1. The van der Waals surface area contributed by atoms with Crippen molar-refractivity contribution in [3.05, 3.63) is 59.4 Å². The SMILES string of the molecule is O=C1CC2CN(Cc3c(-c4ccc(Cl)cc4)nc4ccccn34)CC(C1)N2C(=O)C1CCCC1. The molecule has 0 N–H and O–H groups in total. The molecule has 3 aromatic rings. The van der Waals surface area contributed by atoms with Crippen molar-refractivity contribution in [2.24, 2.45) is 5.92 Å². The summed E-state index contributed by atoms with van der Waals surface area (Å²) in [6.45, 7) is 2.16. The Bertz CT molecular complexity index is 1210. The van der Waals surface area contributed by atoms with Gasteiger partial charge in [-0.3, -0.25) is 14.5 Å². The number of piperazine rings is 1. The Morgan fingerprint density at radius 2 is 1.71 bits per heavy atom. The molecule has 0 spiro atoms. The van der Waals surface area contributed by atoms with Crippen LogP contribution in [-0.4, -0.2) is 56.0 Å². The molecule has 7 heteroatoms. The summed E-state index contributed by atoms with van der Waals surface area (Å²) in [4.78, 5) is 35.3. The van der Waals surface area contributed by atoms with Crippen LogP contribution in [0, 0.1) is 5.92 Å².